The minimum Gasteiger partial charge on any atom is -0.480 e. The lowest BCUT2D eigenvalue weighted by Crippen LogP contribution is -2.40. The molecule has 1 amide bonds. The van der Waals surface area contributed by atoms with Gasteiger partial charge in [0.25, 0.3) is 0 Å². The summed E-state index contributed by atoms with van der Waals surface area (Å²) in [6, 6.07) is -0.866. The van der Waals surface area contributed by atoms with Gasteiger partial charge in [0, 0.05) is 12.8 Å². The number of aliphatic carboxylic acids is 1. The average Bonchev–Trinajstić information content (AvgIpc) is 3.11. The number of amides is 1. The summed E-state index contributed by atoms with van der Waals surface area (Å²) in [7, 11) is 0. The lowest BCUT2D eigenvalue weighted by Gasteiger charge is -2.17. The van der Waals surface area contributed by atoms with Crippen LogP contribution in [0.5, 0.6) is 0 Å². The molecule has 0 fully saturated rings. The minimum absolute atomic E-state index is 0.0686. The fourth-order valence-electron chi connectivity index (χ4n) is 5.73. The fraction of sp³-hybridized carbons (Fsp3) is 0.705. The third kappa shape index (κ3) is 35.3. The number of rotatable bonds is 36. The van der Waals surface area contributed by atoms with Gasteiger partial charge in [0.1, 0.15) is 12.1 Å². The molecule has 51 heavy (non-hydrogen) atoms. The van der Waals surface area contributed by atoms with Crippen molar-refractivity contribution in [2.75, 3.05) is 6.54 Å². The molecule has 7 nitrogen and oxygen atoms in total. The van der Waals surface area contributed by atoms with E-state index >= 15 is 0 Å². The van der Waals surface area contributed by atoms with E-state index in [1.807, 2.05) is 0 Å². The number of carboxylic acid groups (broad SMARTS) is 1. The predicted octanol–water partition coefficient (Wildman–Crippen LogP) is 11.4. The van der Waals surface area contributed by atoms with E-state index < -0.39 is 12.0 Å². The van der Waals surface area contributed by atoms with Gasteiger partial charge in [0.2, 0.25) is 5.91 Å². The summed E-state index contributed by atoms with van der Waals surface area (Å²) in [5.74, 6) is -1.30. The summed E-state index contributed by atoms with van der Waals surface area (Å²) in [5, 5.41) is 11.9. The zero-order valence-electron chi connectivity index (χ0n) is 32.7. The molecule has 2 atom stereocenters. The molecule has 7 heteroatoms. The molecule has 0 spiro atoms. The number of carbonyl (C=O) groups excluding carboxylic acids is 2. The number of hydrogen-bond acceptors (Lipinski definition) is 5. The van der Waals surface area contributed by atoms with Gasteiger partial charge in [0.05, 0.1) is 0 Å². The van der Waals surface area contributed by atoms with Crippen molar-refractivity contribution in [3.8, 4) is 0 Å². The van der Waals surface area contributed by atoms with E-state index in [4.69, 9.17) is 10.5 Å². The van der Waals surface area contributed by atoms with E-state index in [1.165, 1.54) is 44.9 Å². The highest BCUT2D eigenvalue weighted by Gasteiger charge is 2.19. The largest absolute Gasteiger partial charge is 0.480 e. The van der Waals surface area contributed by atoms with E-state index in [9.17, 15) is 19.5 Å². The molecule has 0 rings (SSSR count). The molecular weight excluding hydrogens is 636 g/mol. The molecular formula is C44H76N2O5. The first-order valence-electron chi connectivity index (χ1n) is 20.6. The number of carbonyl (C=O) groups is 3. The van der Waals surface area contributed by atoms with Gasteiger partial charge >= 0.3 is 11.9 Å². The Kier molecular flexibility index (Phi) is 36.1. The molecule has 0 radical (unpaired) electrons. The summed E-state index contributed by atoms with van der Waals surface area (Å²) in [6.07, 6.45) is 46.9. The van der Waals surface area contributed by atoms with Crippen LogP contribution in [0.25, 0.3) is 0 Å². The molecule has 292 valence electrons. The highest BCUT2D eigenvalue weighted by atomic mass is 16.5. The second kappa shape index (κ2) is 38.3. The number of allylic oxidation sites excluding steroid dienone is 10. The zero-order valence-corrected chi connectivity index (χ0v) is 32.7. The van der Waals surface area contributed by atoms with Crippen LogP contribution in [0.15, 0.2) is 60.8 Å². The molecule has 0 aromatic rings. The number of esters is 1. The van der Waals surface area contributed by atoms with Crippen molar-refractivity contribution in [1.82, 2.24) is 5.32 Å². The van der Waals surface area contributed by atoms with Gasteiger partial charge in [-0.25, -0.2) is 4.79 Å². The van der Waals surface area contributed by atoms with Crippen LogP contribution >= 0.6 is 0 Å². The number of carboxylic acids is 1. The van der Waals surface area contributed by atoms with E-state index in [0.29, 0.717) is 32.2 Å². The summed E-state index contributed by atoms with van der Waals surface area (Å²) in [6.45, 7) is 4.79. The Morgan fingerprint density at radius 1 is 0.588 bits per heavy atom. The predicted molar refractivity (Wildman–Crippen MR) is 216 cm³/mol. The first kappa shape index (κ1) is 48.1. The van der Waals surface area contributed by atoms with E-state index in [0.717, 1.165) is 96.3 Å². The molecule has 0 aliphatic heterocycles. The van der Waals surface area contributed by atoms with Gasteiger partial charge < -0.3 is 20.9 Å². The van der Waals surface area contributed by atoms with Crippen LogP contribution in [0.4, 0.5) is 0 Å². The summed E-state index contributed by atoms with van der Waals surface area (Å²) in [4.78, 5) is 36.3. The van der Waals surface area contributed by atoms with Gasteiger partial charge in [-0.3, -0.25) is 9.59 Å². The monoisotopic (exact) mass is 713 g/mol. The van der Waals surface area contributed by atoms with Gasteiger partial charge in [-0.1, -0.05) is 126 Å². The molecule has 0 aliphatic carbocycles. The molecule has 0 aromatic carbocycles. The lowest BCUT2D eigenvalue weighted by atomic mass is 10.0. The van der Waals surface area contributed by atoms with Gasteiger partial charge in [0.15, 0.2) is 0 Å². The Morgan fingerprint density at radius 2 is 1.12 bits per heavy atom. The highest BCUT2D eigenvalue weighted by Crippen LogP contribution is 2.17. The second-order valence-corrected chi connectivity index (χ2v) is 13.7. The smallest absolute Gasteiger partial charge is 0.326 e. The average molecular weight is 713 g/mol. The van der Waals surface area contributed by atoms with Crippen molar-refractivity contribution in [3.05, 3.63) is 60.8 Å². The maximum absolute atomic E-state index is 12.7. The molecule has 0 aliphatic rings. The molecule has 0 heterocycles. The van der Waals surface area contributed by atoms with Crippen LogP contribution in [-0.2, 0) is 19.1 Å². The van der Waals surface area contributed by atoms with E-state index in [-0.39, 0.29) is 18.0 Å². The Bertz CT molecular complexity index is 984. The maximum Gasteiger partial charge on any atom is 0.326 e. The van der Waals surface area contributed by atoms with Crippen LogP contribution < -0.4 is 11.1 Å². The quantitative estimate of drug-likeness (QED) is 0.0338. The third-order valence-corrected chi connectivity index (χ3v) is 8.83. The molecule has 4 N–H and O–H groups in total. The van der Waals surface area contributed by atoms with Gasteiger partial charge in [-0.15, -0.1) is 0 Å². The van der Waals surface area contributed by atoms with Gasteiger partial charge in [-0.05, 0) is 109 Å². The Labute approximate surface area is 312 Å². The van der Waals surface area contributed by atoms with Crippen molar-refractivity contribution in [2.45, 2.75) is 193 Å². The topological polar surface area (TPSA) is 119 Å². The Hall–Kier alpha value is -2.93. The Balaban J connectivity index is 4.49. The lowest BCUT2D eigenvalue weighted by molar-refractivity contribution is -0.150. The second-order valence-electron chi connectivity index (χ2n) is 13.7. The van der Waals surface area contributed by atoms with Gasteiger partial charge in [-0.2, -0.15) is 0 Å². The Morgan fingerprint density at radius 3 is 1.73 bits per heavy atom. The first-order chi connectivity index (χ1) is 24.9. The molecule has 0 saturated heterocycles. The number of hydrogen-bond donors (Lipinski definition) is 3. The SMILES string of the molecule is CC/C=C\C/C=C\C/C=C\C/C=C\CCC(CCCCCCCC(=O)NC(CCCN)C(=O)O)OC(=O)CCCCCCC/C=C\CCCCC. The van der Waals surface area contributed by atoms with Crippen molar-refractivity contribution >= 4 is 17.8 Å². The van der Waals surface area contributed by atoms with E-state index in [1.54, 1.807) is 0 Å². The molecule has 0 bridgehead atoms. The third-order valence-electron chi connectivity index (χ3n) is 8.83. The van der Waals surface area contributed by atoms with Crippen LogP contribution in [-0.4, -0.2) is 41.6 Å². The van der Waals surface area contributed by atoms with Crippen molar-refractivity contribution in [1.29, 1.82) is 0 Å². The number of nitrogens with two attached hydrogens (primary N) is 1. The molecule has 2 unspecified atom stereocenters. The number of unbranched alkanes of at least 4 members (excludes halogenated alkanes) is 12. The van der Waals surface area contributed by atoms with Crippen molar-refractivity contribution in [3.63, 3.8) is 0 Å². The molecule has 0 aromatic heterocycles. The fourth-order valence-corrected chi connectivity index (χ4v) is 5.73. The standard InChI is InChI=1S/C44H76N2O5/c1-3-5-7-9-11-13-15-17-18-20-22-25-29-34-40(51-43(48)38-32-28-23-21-19-16-14-12-10-8-6-4-2)35-30-26-24-27-31-37-42(47)46-41(44(49)50)36-33-39-45/h5,7,11-14,17-18,22,25,40-41H,3-4,6,8-10,15-16,19-21,23-24,26-39,45H2,1-2H3,(H,46,47)(H,49,50)/b7-5-,13-11-,14-12-,18-17-,25-22-. The van der Waals surface area contributed by atoms with Crippen LogP contribution in [0, 0.1) is 0 Å². The van der Waals surface area contributed by atoms with E-state index in [2.05, 4.69) is 79.9 Å². The number of ether oxygens (including phenoxy) is 1. The summed E-state index contributed by atoms with van der Waals surface area (Å²) in [5.41, 5.74) is 5.48. The maximum atomic E-state index is 12.7. The minimum atomic E-state index is -1.01. The highest BCUT2D eigenvalue weighted by molar-refractivity contribution is 5.83. The summed E-state index contributed by atoms with van der Waals surface area (Å²) >= 11 is 0. The van der Waals surface area contributed by atoms with Crippen molar-refractivity contribution < 1.29 is 24.2 Å². The summed E-state index contributed by atoms with van der Waals surface area (Å²) < 4.78 is 5.98. The van der Waals surface area contributed by atoms with Crippen LogP contribution in [0.3, 0.4) is 0 Å². The van der Waals surface area contributed by atoms with Crippen LogP contribution in [0.2, 0.25) is 0 Å². The van der Waals surface area contributed by atoms with Crippen molar-refractivity contribution in [2.24, 2.45) is 5.73 Å². The number of nitrogens with one attached hydrogen (secondary N) is 1. The molecule has 0 saturated carbocycles. The first-order valence-corrected chi connectivity index (χ1v) is 20.6. The zero-order chi connectivity index (χ0) is 37.5. The normalized spacial score (nSPS) is 13.3. The van der Waals surface area contributed by atoms with Crippen LogP contribution in [0.1, 0.15) is 181 Å².